The number of carbonyl (C=O) groups is 1. The first-order valence-corrected chi connectivity index (χ1v) is 7.02. The lowest BCUT2D eigenvalue weighted by atomic mass is 10.2. The number of aromatic carboxylic acids is 1. The number of hydrogen-bond acceptors (Lipinski definition) is 3. The topological polar surface area (TPSA) is 66.7 Å². The second kappa shape index (κ2) is 5.27. The van der Waals surface area contributed by atoms with Gasteiger partial charge in [0.25, 0.3) is 0 Å². The summed E-state index contributed by atoms with van der Waals surface area (Å²) in [4.78, 5) is 10.6. The first-order chi connectivity index (χ1) is 7.91. The predicted molar refractivity (Wildman–Crippen MR) is 64.7 cm³/mol. The Balaban J connectivity index is 3.27. The van der Waals surface area contributed by atoms with Gasteiger partial charge in [-0.05, 0) is 18.2 Å². The van der Waals surface area contributed by atoms with Crippen LogP contribution in [0.4, 0.5) is 10.1 Å². The summed E-state index contributed by atoms with van der Waals surface area (Å²) in [5, 5.41) is 8.67. The summed E-state index contributed by atoms with van der Waals surface area (Å²) in [6, 6.07) is 3.37. The highest BCUT2D eigenvalue weighted by molar-refractivity contribution is 7.93. The van der Waals surface area contributed by atoms with E-state index in [1.165, 1.54) is 12.1 Å². The lowest BCUT2D eigenvalue weighted by Crippen LogP contribution is -2.05. The van der Waals surface area contributed by atoms with Gasteiger partial charge in [0, 0.05) is 11.5 Å². The lowest BCUT2D eigenvalue weighted by Gasteiger charge is -2.05. The highest BCUT2D eigenvalue weighted by Gasteiger charge is 2.10. The summed E-state index contributed by atoms with van der Waals surface area (Å²) < 4.78 is 29.4. The number of hydrogen-bond donors (Lipinski definition) is 1. The van der Waals surface area contributed by atoms with Gasteiger partial charge < -0.3 is 5.11 Å². The van der Waals surface area contributed by atoms with E-state index in [1.54, 1.807) is 13.8 Å². The van der Waals surface area contributed by atoms with Crippen LogP contribution >= 0.6 is 0 Å². The Bertz CT molecular complexity index is 538. The van der Waals surface area contributed by atoms with Crippen molar-refractivity contribution < 1.29 is 18.5 Å². The van der Waals surface area contributed by atoms with E-state index in [-0.39, 0.29) is 11.3 Å². The van der Waals surface area contributed by atoms with Crippen molar-refractivity contribution in [2.24, 2.45) is 4.36 Å². The second-order valence-electron chi connectivity index (χ2n) is 3.41. The van der Waals surface area contributed by atoms with Crippen LogP contribution in [0.2, 0.25) is 0 Å². The Kier molecular flexibility index (Phi) is 4.22. The standard InChI is InChI=1S/C11H14FNO3S/c1-3-17(16,4-2)13-10-6-5-8(11(14)15)7-9(10)12/h5-7H,3-4H2,1-2H3,(H,14,15). The molecule has 0 amide bonds. The zero-order valence-corrected chi connectivity index (χ0v) is 10.5. The molecule has 0 spiro atoms. The fourth-order valence-electron chi connectivity index (χ4n) is 1.23. The van der Waals surface area contributed by atoms with Gasteiger partial charge >= 0.3 is 5.97 Å². The van der Waals surface area contributed by atoms with E-state index < -0.39 is 21.5 Å². The van der Waals surface area contributed by atoms with E-state index in [9.17, 15) is 13.4 Å². The zero-order chi connectivity index (χ0) is 13.1. The van der Waals surface area contributed by atoms with Crippen LogP contribution in [0.25, 0.3) is 0 Å². The third-order valence-corrected chi connectivity index (χ3v) is 4.70. The van der Waals surface area contributed by atoms with Crippen molar-refractivity contribution in [2.75, 3.05) is 11.5 Å². The van der Waals surface area contributed by atoms with Gasteiger partial charge in [-0.2, -0.15) is 4.36 Å². The minimum absolute atomic E-state index is 0.0521. The summed E-state index contributed by atoms with van der Waals surface area (Å²) in [5.41, 5.74) is -0.204. The third-order valence-electron chi connectivity index (χ3n) is 2.36. The molecule has 0 radical (unpaired) electrons. The van der Waals surface area contributed by atoms with Gasteiger partial charge in [-0.25, -0.2) is 13.4 Å². The maximum Gasteiger partial charge on any atom is 0.335 e. The van der Waals surface area contributed by atoms with E-state index in [2.05, 4.69) is 4.36 Å². The van der Waals surface area contributed by atoms with Crippen LogP contribution in [0.3, 0.4) is 0 Å². The maximum atomic E-state index is 13.5. The molecular weight excluding hydrogens is 245 g/mol. The smallest absolute Gasteiger partial charge is 0.335 e. The number of rotatable bonds is 4. The first kappa shape index (κ1) is 13.6. The molecule has 0 saturated carbocycles. The molecule has 0 saturated heterocycles. The zero-order valence-electron chi connectivity index (χ0n) is 9.64. The van der Waals surface area contributed by atoms with Crippen LogP contribution in [0, 0.1) is 5.82 Å². The average Bonchev–Trinajstić information content (AvgIpc) is 2.31. The molecular formula is C11H14FNO3S. The second-order valence-corrected chi connectivity index (χ2v) is 6.29. The van der Waals surface area contributed by atoms with Crippen molar-refractivity contribution in [2.45, 2.75) is 13.8 Å². The number of benzene rings is 1. The van der Waals surface area contributed by atoms with E-state index in [1.807, 2.05) is 0 Å². The molecule has 94 valence electrons. The molecule has 1 aromatic carbocycles. The normalized spacial score (nSPS) is 11.2. The maximum absolute atomic E-state index is 13.5. The Morgan fingerprint density at radius 1 is 1.41 bits per heavy atom. The molecule has 0 aromatic heterocycles. The van der Waals surface area contributed by atoms with E-state index in [4.69, 9.17) is 5.11 Å². The van der Waals surface area contributed by atoms with Crippen molar-refractivity contribution in [3.05, 3.63) is 29.6 Å². The molecule has 0 aliphatic carbocycles. The number of carboxylic acid groups (broad SMARTS) is 1. The van der Waals surface area contributed by atoms with Crippen molar-refractivity contribution in [3.63, 3.8) is 0 Å². The van der Waals surface area contributed by atoms with Crippen molar-refractivity contribution in [1.29, 1.82) is 0 Å². The monoisotopic (exact) mass is 259 g/mol. The van der Waals surface area contributed by atoms with Gasteiger partial charge in [-0.1, -0.05) is 13.8 Å². The van der Waals surface area contributed by atoms with Crippen molar-refractivity contribution in [1.82, 2.24) is 0 Å². The molecule has 0 atom stereocenters. The summed E-state index contributed by atoms with van der Waals surface area (Å²) in [7, 11) is -2.44. The van der Waals surface area contributed by atoms with E-state index in [0.29, 0.717) is 11.5 Å². The van der Waals surface area contributed by atoms with Crippen LogP contribution in [0.15, 0.2) is 22.6 Å². The average molecular weight is 259 g/mol. The summed E-state index contributed by atoms with van der Waals surface area (Å²) >= 11 is 0. The fraction of sp³-hybridized carbons (Fsp3) is 0.364. The Morgan fingerprint density at radius 2 is 2.00 bits per heavy atom. The molecule has 1 rings (SSSR count). The molecule has 1 aromatic rings. The first-order valence-electron chi connectivity index (χ1n) is 5.17. The van der Waals surface area contributed by atoms with Gasteiger partial charge in [0.15, 0.2) is 0 Å². The molecule has 0 bridgehead atoms. The summed E-state index contributed by atoms with van der Waals surface area (Å²) in [6.45, 7) is 3.44. The number of halogens is 1. The highest BCUT2D eigenvalue weighted by atomic mass is 32.2. The third kappa shape index (κ3) is 3.26. The van der Waals surface area contributed by atoms with Gasteiger partial charge in [0.05, 0.1) is 15.3 Å². The fourth-order valence-corrected chi connectivity index (χ4v) is 2.40. The molecule has 0 aliphatic rings. The Labute approximate surface area is 99.7 Å². The SMILES string of the molecule is CCS(=O)(CC)=Nc1ccc(C(=O)O)cc1F. The highest BCUT2D eigenvalue weighted by Crippen LogP contribution is 2.21. The molecule has 0 unspecified atom stereocenters. The Hall–Kier alpha value is -1.43. The van der Waals surface area contributed by atoms with Crippen LogP contribution in [-0.4, -0.2) is 26.8 Å². The predicted octanol–water partition coefficient (Wildman–Crippen LogP) is 2.66. The molecule has 6 heteroatoms. The van der Waals surface area contributed by atoms with Gasteiger partial charge in [0.1, 0.15) is 11.5 Å². The summed E-state index contributed by atoms with van der Waals surface area (Å²) in [6.07, 6.45) is 0. The Morgan fingerprint density at radius 3 is 2.41 bits per heavy atom. The van der Waals surface area contributed by atoms with Gasteiger partial charge in [-0.3, -0.25) is 0 Å². The molecule has 0 fully saturated rings. The van der Waals surface area contributed by atoms with E-state index >= 15 is 0 Å². The van der Waals surface area contributed by atoms with Crippen LogP contribution in [-0.2, 0) is 9.73 Å². The minimum atomic E-state index is -2.44. The van der Waals surface area contributed by atoms with Gasteiger partial charge in [-0.15, -0.1) is 0 Å². The van der Waals surface area contributed by atoms with Gasteiger partial charge in [0.2, 0.25) is 0 Å². The quantitative estimate of drug-likeness (QED) is 0.903. The minimum Gasteiger partial charge on any atom is -0.478 e. The van der Waals surface area contributed by atoms with Crippen molar-refractivity contribution in [3.8, 4) is 0 Å². The lowest BCUT2D eigenvalue weighted by molar-refractivity contribution is 0.0696. The van der Waals surface area contributed by atoms with Crippen molar-refractivity contribution >= 4 is 21.4 Å². The molecule has 17 heavy (non-hydrogen) atoms. The van der Waals surface area contributed by atoms with Crippen LogP contribution < -0.4 is 0 Å². The number of nitrogens with zero attached hydrogens (tertiary/aromatic N) is 1. The molecule has 4 nitrogen and oxygen atoms in total. The largest absolute Gasteiger partial charge is 0.478 e. The molecule has 0 aliphatic heterocycles. The van der Waals surface area contributed by atoms with Crippen LogP contribution in [0.5, 0.6) is 0 Å². The molecule has 0 heterocycles. The molecule has 1 N–H and O–H groups in total. The van der Waals surface area contributed by atoms with Crippen LogP contribution in [0.1, 0.15) is 24.2 Å². The summed E-state index contributed by atoms with van der Waals surface area (Å²) in [5.74, 6) is -1.30. The van der Waals surface area contributed by atoms with E-state index in [0.717, 1.165) is 6.07 Å². The number of carboxylic acids is 1.